The fourth-order valence-electron chi connectivity index (χ4n) is 6.04. The Morgan fingerprint density at radius 2 is 2.12 bits per heavy atom. The van der Waals surface area contributed by atoms with E-state index >= 15 is 4.39 Å². The van der Waals surface area contributed by atoms with Gasteiger partial charge in [-0.3, -0.25) is 14.4 Å². The monoisotopic (exact) mass is 621 g/mol. The van der Waals surface area contributed by atoms with Crippen LogP contribution in [-0.4, -0.2) is 82.0 Å². The van der Waals surface area contributed by atoms with E-state index in [1.54, 1.807) is 36.2 Å². The highest BCUT2D eigenvalue weighted by molar-refractivity contribution is 7.23. The molecule has 2 saturated heterocycles. The van der Waals surface area contributed by atoms with E-state index < -0.39 is 30.7 Å². The number of nitrogens with zero attached hydrogens (tertiary/aromatic N) is 5. The Morgan fingerprint density at radius 1 is 1.28 bits per heavy atom. The first-order valence-electron chi connectivity index (χ1n) is 14.0. The van der Waals surface area contributed by atoms with Crippen LogP contribution in [0.25, 0.3) is 20.8 Å². The number of hydrogen-bond donors (Lipinski definition) is 2. The first kappa shape index (κ1) is 29.5. The number of amides is 1. The summed E-state index contributed by atoms with van der Waals surface area (Å²) in [6.07, 6.45) is -1.45. The average molecular weight is 622 g/mol. The minimum Gasteiger partial charge on any atom is -0.383 e. The van der Waals surface area contributed by atoms with Gasteiger partial charge >= 0.3 is 6.18 Å². The Bertz CT molecular complexity index is 1600. The van der Waals surface area contributed by atoms with Crippen LogP contribution in [0.2, 0.25) is 0 Å². The summed E-state index contributed by atoms with van der Waals surface area (Å²) >= 11 is 1.11. The van der Waals surface area contributed by atoms with E-state index in [-0.39, 0.29) is 40.8 Å². The first-order valence-corrected chi connectivity index (χ1v) is 14.8. The van der Waals surface area contributed by atoms with Gasteiger partial charge in [0.1, 0.15) is 6.17 Å². The first-order chi connectivity index (χ1) is 20.6. The number of halogens is 4. The smallest absolute Gasteiger partial charge is 0.383 e. The van der Waals surface area contributed by atoms with Gasteiger partial charge in [-0.15, -0.1) is 11.3 Å². The number of nitrogens with one attached hydrogen (secondary N) is 2. The molecule has 2 fully saturated rings. The van der Waals surface area contributed by atoms with Gasteiger partial charge in [0.2, 0.25) is 11.7 Å². The van der Waals surface area contributed by atoms with E-state index in [1.165, 1.54) is 6.20 Å². The summed E-state index contributed by atoms with van der Waals surface area (Å²) in [5, 5.41) is 14.4. The number of carbonyl (C=O) groups excluding carboxylic acids is 1. The topological polar surface area (TPSA) is 110 Å². The summed E-state index contributed by atoms with van der Waals surface area (Å²) < 4.78 is 69.1. The molecule has 2 N–H and O–H groups in total. The molecule has 1 aromatic carbocycles. The van der Waals surface area contributed by atoms with Gasteiger partial charge in [-0.25, -0.2) is 4.39 Å². The number of anilines is 1. The van der Waals surface area contributed by atoms with Crippen molar-refractivity contribution in [2.45, 2.75) is 69.2 Å². The van der Waals surface area contributed by atoms with Crippen LogP contribution >= 0.6 is 11.3 Å². The number of ether oxygens (including phenoxy) is 1. The van der Waals surface area contributed by atoms with Crippen molar-refractivity contribution >= 4 is 33.0 Å². The van der Waals surface area contributed by atoms with Gasteiger partial charge < -0.3 is 19.9 Å². The zero-order valence-electron chi connectivity index (χ0n) is 23.5. The number of benzene rings is 1. The predicted octanol–water partition coefficient (Wildman–Crippen LogP) is 4.81. The van der Waals surface area contributed by atoms with Crippen molar-refractivity contribution in [3.05, 3.63) is 47.6 Å². The molecular weight excluding hydrogens is 590 g/mol. The zero-order chi connectivity index (χ0) is 30.3. The Kier molecular flexibility index (Phi) is 8.13. The number of thiophene rings is 1. The molecule has 2 bridgehead atoms. The molecule has 0 aliphatic carbocycles. The molecule has 230 valence electrons. The maximum atomic E-state index is 15.4. The SMILES string of the molecule is COCCn1cc(C(=O)NCc2nc(-c3sc4c(N[C@@H]5C[C@H]6CC[C@@H]([C@@H]5F)N6C)cccc4c3CC(F)(F)F)no2)cn1. The van der Waals surface area contributed by atoms with E-state index in [9.17, 15) is 18.0 Å². The Morgan fingerprint density at radius 3 is 2.91 bits per heavy atom. The highest BCUT2D eigenvalue weighted by Gasteiger charge is 2.46. The van der Waals surface area contributed by atoms with Crippen LogP contribution in [0.5, 0.6) is 0 Å². The Hall–Kier alpha value is -3.56. The quantitative estimate of drug-likeness (QED) is 0.243. The summed E-state index contributed by atoms with van der Waals surface area (Å²) in [5.41, 5.74) is 0.924. The normalized spacial score (nSPS) is 22.4. The van der Waals surface area contributed by atoms with E-state index in [0.29, 0.717) is 40.9 Å². The molecule has 5 heterocycles. The number of methoxy groups -OCH3 is 1. The standard InChI is InChI=1S/C28H31F4N7O3S/c1-38-16-6-7-21(38)23(29)20(10-16)35-19-5-3-4-17-18(11-28(30,31)32)25(43-24(17)19)26-36-22(42-37-26)13-33-27(40)15-12-34-39(14-15)8-9-41-2/h3-5,12,14,16,20-21,23,35H,6-11,13H2,1-2H3,(H,33,40)/t16-,20-,21+,23-/m1/s1. The van der Waals surface area contributed by atoms with Crippen molar-refractivity contribution in [2.75, 3.05) is 26.1 Å². The molecule has 2 aliphatic heterocycles. The van der Waals surface area contributed by atoms with Crippen molar-refractivity contribution in [1.29, 1.82) is 0 Å². The number of rotatable bonds is 10. The lowest BCUT2D eigenvalue weighted by molar-refractivity contribution is -0.126. The highest BCUT2D eigenvalue weighted by atomic mass is 32.1. The van der Waals surface area contributed by atoms with Crippen LogP contribution in [0, 0.1) is 0 Å². The average Bonchev–Trinajstić information content (AvgIpc) is 3.75. The third-order valence-electron chi connectivity index (χ3n) is 8.20. The number of fused-ring (bicyclic) bond motifs is 3. The number of aromatic nitrogens is 4. The molecule has 2 aliphatic rings. The molecular formula is C28H31F4N7O3S. The van der Waals surface area contributed by atoms with Gasteiger partial charge in [0.25, 0.3) is 5.91 Å². The van der Waals surface area contributed by atoms with Crippen LogP contribution in [0.4, 0.5) is 23.2 Å². The molecule has 0 unspecified atom stereocenters. The lowest BCUT2D eigenvalue weighted by Crippen LogP contribution is -2.53. The van der Waals surface area contributed by atoms with Crippen molar-refractivity contribution in [1.82, 2.24) is 30.1 Å². The summed E-state index contributed by atoms with van der Waals surface area (Å²) in [5.74, 6) is -0.401. The van der Waals surface area contributed by atoms with Crippen LogP contribution in [0.3, 0.4) is 0 Å². The van der Waals surface area contributed by atoms with Gasteiger partial charge in [0.05, 0.1) is 59.2 Å². The lowest BCUT2D eigenvalue weighted by atomic mass is 9.95. The van der Waals surface area contributed by atoms with Crippen LogP contribution in [0.1, 0.15) is 41.1 Å². The second kappa shape index (κ2) is 11.8. The number of alkyl halides is 4. The largest absolute Gasteiger partial charge is 0.393 e. The van der Waals surface area contributed by atoms with E-state index in [2.05, 4.69) is 30.8 Å². The minimum absolute atomic E-state index is 0.0104. The second-order valence-corrected chi connectivity index (χ2v) is 12.0. The lowest BCUT2D eigenvalue weighted by Gasteiger charge is -2.39. The van der Waals surface area contributed by atoms with E-state index in [4.69, 9.17) is 9.26 Å². The Labute approximate surface area is 248 Å². The molecule has 15 heteroatoms. The fourth-order valence-corrected chi connectivity index (χ4v) is 7.27. The summed E-state index contributed by atoms with van der Waals surface area (Å²) in [4.78, 5) is 19.2. The maximum absolute atomic E-state index is 15.4. The maximum Gasteiger partial charge on any atom is 0.393 e. The van der Waals surface area contributed by atoms with Gasteiger partial charge in [0, 0.05) is 25.4 Å². The van der Waals surface area contributed by atoms with Crippen molar-refractivity contribution < 1.29 is 31.6 Å². The van der Waals surface area contributed by atoms with Gasteiger partial charge in [-0.1, -0.05) is 17.3 Å². The van der Waals surface area contributed by atoms with Crippen LogP contribution in [-0.2, 0) is 24.2 Å². The van der Waals surface area contributed by atoms with E-state index in [1.807, 2.05) is 7.05 Å². The number of piperidine rings is 1. The van der Waals surface area contributed by atoms with Gasteiger partial charge in [-0.05, 0) is 43.3 Å². The summed E-state index contributed by atoms with van der Waals surface area (Å²) in [6, 6.07) is 4.73. The van der Waals surface area contributed by atoms with Crippen LogP contribution in [0.15, 0.2) is 35.1 Å². The molecule has 1 amide bonds. The molecule has 0 saturated carbocycles. The van der Waals surface area contributed by atoms with Gasteiger partial charge in [0.15, 0.2) is 0 Å². The Balaban J connectivity index is 1.24. The molecule has 3 aromatic heterocycles. The third kappa shape index (κ3) is 6.10. The summed E-state index contributed by atoms with van der Waals surface area (Å²) in [7, 11) is 3.51. The fraction of sp³-hybridized carbons (Fsp3) is 0.500. The molecule has 4 atom stereocenters. The molecule has 0 radical (unpaired) electrons. The minimum atomic E-state index is -4.49. The molecule has 4 aromatic rings. The molecule has 6 rings (SSSR count). The zero-order valence-corrected chi connectivity index (χ0v) is 24.3. The second-order valence-electron chi connectivity index (χ2n) is 11.0. The van der Waals surface area contributed by atoms with Crippen molar-refractivity contribution in [3.8, 4) is 10.7 Å². The summed E-state index contributed by atoms with van der Waals surface area (Å²) in [6.45, 7) is 0.795. The third-order valence-corrected chi connectivity index (χ3v) is 9.48. The number of carbonyl (C=O) groups is 1. The van der Waals surface area contributed by atoms with Crippen molar-refractivity contribution in [3.63, 3.8) is 0 Å². The predicted molar refractivity (Wildman–Crippen MR) is 152 cm³/mol. The highest BCUT2D eigenvalue weighted by Crippen LogP contribution is 2.44. The van der Waals surface area contributed by atoms with Crippen LogP contribution < -0.4 is 10.6 Å². The van der Waals surface area contributed by atoms with E-state index in [0.717, 1.165) is 24.2 Å². The number of hydrogen-bond acceptors (Lipinski definition) is 9. The molecule has 43 heavy (non-hydrogen) atoms. The van der Waals surface area contributed by atoms with Gasteiger partial charge in [-0.2, -0.15) is 23.3 Å². The molecule has 0 spiro atoms. The van der Waals surface area contributed by atoms with Crippen molar-refractivity contribution in [2.24, 2.45) is 0 Å². The molecule has 10 nitrogen and oxygen atoms in total.